The molecule has 1 unspecified atom stereocenters. The number of nitrogens with two attached hydrogens (primary N) is 1. The fourth-order valence-corrected chi connectivity index (χ4v) is 2.71. The summed E-state index contributed by atoms with van der Waals surface area (Å²) < 4.78 is 27.6. The van der Waals surface area contributed by atoms with Crippen molar-refractivity contribution >= 4 is 34.8 Å². The molecule has 6 heteroatoms. The Morgan fingerprint density at radius 2 is 1.55 bits per heavy atom. The van der Waals surface area contributed by atoms with Gasteiger partial charge in [0.25, 0.3) is 0 Å². The molecule has 1 atom stereocenters. The highest BCUT2D eigenvalue weighted by Gasteiger charge is 2.30. The topological polar surface area (TPSA) is 26.0 Å². The summed E-state index contributed by atoms with van der Waals surface area (Å²) in [7, 11) is 0. The molecular weight excluding hydrogens is 327 g/mol. The summed E-state index contributed by atoms with van der Waals surface area (Å²) in [6.07, 6.45) is 0. The first-order valence-electron chi connectivity index (χ1n) is 5.63. The fourth-order valence-electron chi connectivity index (χ4n) is 1.98. The number of benzene rings is 2. The molecule has 0 aliphatic rings. The molecule has 0 aliphatic heterocycles. The molecule has 0 saturated heterocycles. The number of rotatable bonds is 2. The molecule has 2 aromatic rings. The normalized spacial score (nSPS) is 14.2. The Kier molecular flexibility index (Phi) is 4.26. The molecule has 2 aromatic carbocycles. The average molecular weight is 337 g/mol. The lowest BCUT2D eigenvalue weighted by molar-refractivity contribution is 0.526. The number of hydrogen-bond acceptors (Lipinski definition) is 1. The van der Waals surface area contributed by atoms with Crippen LogP contribution in [0.25, 0.3) is 0 Å². The highest BCUT2D eigenvalue weighted by molar-refractivity contribution is 6.35. The van der Waals surface area contributed by atoms with Crippen LogP contribution in [0.2, 0.25) is 15.1 Å². The van der Waals surface area contributed by atoms with Crippen molar-refractivity contribution in [1.29, 1.82) is 0 Å². The maximum Gasteiger partial charge on any atom is 0.142 e. The first-order chi connectivity index (χ1) is 9.23. The van der Waals surface area contributed by atoms with Crippen LogP contribution < -0.4 is 5.73 Å². The van der Waals surface area contributed by atoms with Gasteiger partial charge in [-0.05, 0) is 36.8 Å². The smallest absolute Gasteiger partial charge is 0.142 e. The second kappa shape index (κ2) is 5.49. The monoisotopic (exact) mass is 335 g/mol. The van der Waals surface area contributed by atoms with E-state index in [4.69, 9.17) is 40.5 Å². The van der Waals surface area contributed by atoms with E-state index in [0.717, 1.165) is 12.1 Å². The van der Waals surface area contributed by atoms with E-state index < -0.39 is 17.2 Å². The summed E-state index contributed by atoms with van der Waals surface area (Å²) in [5, 5.41) is 0.289. The van der Waals surface area contributed by atoms with Gasteiger partial charge in [0.2, 0.25) is 0 Å². The maximum atomic E-state index is 14.0. The highest BCUT2D eigenvalue weighted by atomic mass is 35.5. The maximum absolute atomic E-state index is 14.0. The van der Waals surface area contributed by atoms with Gasteiger partial charge >= 0.3 is 0 Å². The zero-order valence-electron chi connectivity index (χ0n) is 10.4. The quantitative estimate of drug-likeness (QED) is 0.754. The molecular formula is C14H10Cl3F2N. The van der Waals surface area contributed by atoms with Gasteiger partial charge in [0.05, 0.1) is 10.6 Å². The molecule has 106 valence electrons. The van der Waals surface area contributed by atoms with Gasteiger partial charge in [0, 0.05) is 15.6 Å². The first kappa shape index (κ1) is 15.5. The Balaban J connectivity index is 2.63. The predicted octanol–water partition coefficient (Wildman–Crippen LogP) is 5.15. The van der Waals surface area contributed by atoms with Crippen molar-refractivity contribution in [3.63, 3.8) is 0 Å². The van der Waals surface area contributed by atoms with Crippen LogP contribution in [0.3, 0.4) is 0 Å². The second-order valence-electron chi connectivity index (χ2n) is 4.57. The summed E-state index contributed by atoms with van der Waals surface area (Å²) in [5.74, 6) is -1.26. The summed E-state index contributed by atoms with van der Waals surface area (Å²) in [6.45, 7) is 1.54. The van der Waals surface area contributed by atoms with Crippen LogP contribution in [0.5, 0.6) is 0 Å². The van der Waals surface area contributed by atoms with Gasteiger partial charge in [-0.1, -0.05) is 40.9 Å². The van der Waals surface area contributed by atoms with Gasteiger partial charge < -0.3 is 5.73 Å². The molecule has 0 saturated carbocycles. The second-order valence-corrected chi connectivity index (χ2v) is 5.82. The first-order valence-corrected chi connectivity index (χ1v) is 6.76. The van der Waals surface area contributed by atoms with E-state index in [1.54, 1.807) is 0 Å². The van der Waals surface area contributed by atoms with E-state index in [2.05, 4.69) is 0 Å². The van der Waals surface area contributed by atoms with Crippen molar-refractivity contribution in [1.82, 2.24) is 0 Å². The molecule has 0 amide bonds. The van der Waals surface area contributed by atoms with Crippen LogP contribution in [0.1, 0.15) is 18.1 Å². The minimum atomic E-state index is -1.32. The van der Waals surface area contributed by atoms with E-state index >= 15 is 0 Å². The van der Waals surface area contributed by atoms with Gasteiger partial charge in [-0.2, -0.15) is 0 Å². The van der Waals surface area contributed by atoms with E-state index in [0.29, 0.717) is 0 Å². The van der Waals surface area contributed by atoms with E-state index in [1.807, 2.05) is 0 Å². The zero-order chi connectivity index (χ0) is 15.1. The van der Waals surface area contributed by atoms with Crippen LogP contribution in [0.4, 0.5) is 8.78 Å². The summed E-state index contributed by atoms with van der Waals surface area (Å²) >= 11 is 17.4. The van der Waals surface area contributed by atoms with Gasteiger partial charge in [-0.15, -0.1) is 0 Å². The van der Waals surface area contributed by atoms with Crippen LogP contribution in [0.15, 0.2) is 30.3 Å². The molecule has 20 heavy (non-hydrogen) atoms. The highest BCUT2D eigenvalue weighted by Crippen LogP contribution is 2.36. The Labute approximate surface area is 130 Å². The van der Waals surface area contributed by atoms with Gasteiger partial charge in [0.1, 0.15) is 11.6 Å². The lowest BCUT2D eigenvalue weighted by atomic mass is 9.85. The van der Waals surface area contributed by atoms with E-state index in [-0.39, 0.29) is 26.2 Å². The Morgan fingerprint density at radius 1 is 0.900 bits per heavy atom. The van der Waals surface area contributed by atoms with Crippen molar-refractivity contribution in [2.45, 2.75) is 12.5 Å². The van der Waals surface area contributed by atoms with Gasteiger partial charge in [0.15, 0.2) is 0 Å². The third kappa shape index (κ3) is 2.77. The molecule has 2 rings (SSSR count). The van der Waals surface area contributed by atoms with Gasteiger partial charge in [-0.3, -0.25) is 0 Å². The number of hydrogen-bond donors (Lipinski definition) is 1. The number of halogens is 5. The Bertz CT molecular complexity index is 672. The molecule has 2 N–H and O–H groups in total. The largest absolute Gasteiger partial charge is 0.318 e. The lowest BCUT2D eigenvalue weighted by Crippen LogP contribution is -2.35. The van der Waals surface area contributed by atoms with E-state index in [9.17, 15) is 8.78 Å². The molecule has 0 fully saturated rings. The zero-order valence-corrected chi connectivity index (χ0v) is 12.6. The van der Waals surface area contributed by atoms with Crippen LogP contribution in [-0.4, -0.2) is 0 Å². The summed E-state index contributed by atoms with van der Waals surface area (Å²) in [4.78, 5) is 0. The third-order valence-corrected chi connectivity index (χ3v) is 3.90. The van der Waals surface area contributed by atoms with Crippen molar-refractivity contribution < 1.29 is 8.78 Å². The molecule has 0 aliphatic carbocycles. The molecule has 0 heterocycles. The van der Waals surface area contributed by atoms with Crippen LogP contribution in [0, 0.1) is 11.6 Å². The minimum absolute atomic E-state index is 0.119. The molecule has 0 aromatic heterocycles. The average Bonchev–Trinajstić information content (AvgIpc) is 2.33. The fraction of sp³-hybridized carbons (Fsp3) is 0.143. The standard InChI is InChI=1S/C14H10Cl3F2N/c1-14(20,8-3-2-7(15)4-12(8)18)9-5-13(19)11(17)6-10(9)16/h2-6H,20H2,1H3. The molecule has 0 radical (unpaired) electrons. The predicted molar refractivity (Wildman–Crippen MR) is 78.5 cm³/mol. The van der Waals surface area contributed by atoms with Crippen LogP contribution in [-0.2, 0) is 5.54 Å². The van der Waals surface area contributed by atoms with Gasteiger partial charge in [-0.25, -0.2) is 8.78 Å². The summed E-state index contributed by atoms with van der Waals surface area (Å²) in [5.41, 5.74) is 5.23. The van der Waals surface area contributed by atoms with Crippen molar-refractivity contribution in [3.8, 4) is 0 Å². The minimum Gasteiger partial charge on any atom is -0.318 e. The van der Waals surface area contributed by atoms with Crippen molar-refractivity contribution in [2.24, 2.45) is 5.73 Å². The van der Waals surface area contributed by atoms with E-state index in [1.165, 1.54) is 25.1 Å². The SMILES string of the molecule is CC(N)(c1ccc(Cl)cc1F)c1cc(F)c(Cl)cc1Cl. The lowest BCUT2D eigenvalue weighted by Gasteiger charge is -2.27. The van der Waals surface area contributed by atoms with Crippen molar-refractivity contribution in [3.05, 3.63) is 68.2 Å². The molecule has 1 nitrogen and oxygen atoms in total. The summed E-state index contributed by atoms with van der Waals surface area (Å²) in [6, 6.07) is 6.44. The molecule has 0 spiro atoms. The van der Waals surface area contributed by atoms with Crippen LogP contribution >= 0.6 is 34.8 Å². The third-order valence-electron chi connectivity index (χ3n) is 3.06. The molecule has 0 bridgehead atoms. The Morgan fingerprint density at radius 3 is 2.15 bits per heavy atom. The van der Waals surface area contributed by atoms with Crippen molar-refractivity contribution in [2.75, 3.05) is 0 Å². The Hall–Kier alpha value is -0.870.